The van der Waals surface area contributed by atoms with E-state index in [4.69, 9.17) is 37.8 Å². The van der Waals surface area contributed by atoms with E-state index in [1.807, 2.05) is 0 Å². The summed E-state index contributed by atoms with van der Waals surface area (Å²) in [7, 11) is 0. The molecule has 0 aliphatic carbocycles. The van der Waals surface area contributed by atoms with E-state index < -0.39 is 23.5 Å². The Kier molecular flexibility index (Phi) is 12.5. The van der Waals surface area contributed by atoms with Crippen LogP contribution in [0.5, 0.6) is 0 Å². The second-order valence-corrected chi connectivity index (χ2v) is 14.1. The third-order valence-corrected chi connectivity index (χ3v) is 10.6. The van der Waals surface area contributed by atoms with Crippen LogP contribution in [0.2, 0.25) is 0 Å². The lowest BCUT2D eigenvalue weighted by Crippen LogP contribution is -2.76. The molecule has 0 aromatic carbocycles. The number of nitrogens with one attached hydrogen (secondary N) is 4. The fourth-order valence-electron chi connectivity index (χ4n) is 8.10. The van der Waals surface area contributed by atoms with Gasteiger partial charge in [0, 0.05) is 45.4 Å². The minimum atomic E-state index is -0.913. The number of ether oxygens (including phenoxy) is 3. The van der Waals surface area contributed by atoms with Gasteiger partial charge in [-0.25, -0.2) is 20.3 Å². The van der Waals surface area contributed by atoms with Gasteiger partial charge < -0.3 is 24.2 Å². The first kappa shape index (κ1) is 35.6. The average molecular weight is 689 g/mol. The van der Waals surface area contributed by atoms with Gasteiger partial charge in [-0.2, -0.15) is 0 Å². The molecule has 14 heteroatoms. The molecule has 2 fully saturated rings. The highest BCUT2D eigenvalue weighted by atomic mass is 35.5. The summed E-state index contributed by atoms with van der Waals surface area (Å²) < 4.78 is 21.7. The van der Waals surface area contributed by atoms with Crippen molar-refractivity contribution in [3.8, 4) is 0 Å². The van der Waals surface area contributed by atoms with Gasteiger partial charge in [-0.3, -0.25) is 14.2 Å². The molecule has 12 nitrogen and oxygen atoms in total. The lowest BCUT2D eigenvalue weighted by atomic mass is 9.80. The number of halogens is 2. The molecule has 0 radical (unpaired) electrons. The van der Waals surface area contributed by atoms with Crippen molar-refractivity contribution in [2.45, 2.75) is 133 Å². The maximum Gasteiger partial charge on any atom is 0.350 e. The zero-order chi connectivity index (χ0) is 32.7. The SMILES string of the molecule is CC[C@H]1C=CCC[C@@]2(C[C@@H]3CC[C@@H]4[C@H](C(=O)OCCC(=O)N(CCCNCl)C[C@@H](O)CCNCl)[C@]5(CCC[C@@H](C)O5)NC(=[N+]34)N2)O1. The van der Waals surface area contributed by atoms with Gasteiger partial charge in [-0.1, -0.05) is 19.1 Å². The first-order valence-electron chi connectivity index (χ1n) is 17.3. The Labute approximate surface area is 283 Å². The molecule has 0 bridgehead atoms. The zero-order valence-electron chi connectivity index (χ0n) is 27.3. The first-order chi connectivity index (χ1) is 22.2. The van der Waals surface area contributed by atoms with E-state index in [1.165, 1.54) is 0 Å². The van der Waals surface area contributed by atoms with Crippen molar-refractivity contribution in [2.24, 2.45) is 5.92 Å². The quantitative estimate of drug-likeness (QED) is 0.0610. The van der Waals surface area contributed by atoms with Crippen LogP contribution in [0.3, 0.4) is 0 Å². The number of hydrogen-bond acceptors (Lipinski definition) is 10. The monoisotopic (exact) mass is 687 g/mol. The summed E-state index contributed by atoms with van der Waals surface area (Å²) in [6.07, 6.45) is 12.7. The van der Waals surface area contributed by atoms with Crippen LogP contribution in [-0.4, -0.2) is 107 Å². The highest BCUT2D eigenvalue weighted by Crippen LogP contribution is 2.45. The van der Waals surface area contributed by atoms with Crippen LogP contribution in [0.1, 0.15) is 90.9 Å². The fraction of sp³-hybridized carbons (Fsp3) is 0.844. The van der Waals surface area contributed by atoms with E-state index in [2.05, 4.69) is 50.9 Å². The van der Waals surface area contributed by atoms with E-state index in [0.29, 0.717) is 38.9 Å². The highest BCUT2D eigenvalue weighted by molar-refractivity contribution is 6.13. The number of aliphatic hydroxyl groups is 1. The smallest absolute Gasteiger partial charge is 0.350 e. The number of carbonyl (C=O) groups excluding carboxylic acids is 2. The van der Waals surface area contributed by atoms with Crippen LogP contribution < -0.4 is 20.3 Å². The summed E-state index contributed by atoms with van der Waals surface area (Å²) in [5.74, 6) is -0.184. The van der Waals surface area contributed by atoms with E-state index in [1.54, 1.807) is 4.90 Å². The standard InChI is InChI=1S/C32H52Cl2N6O6/c1-3-25-9-4-5-14-31(46-25)20-23-10-11-26-28(32(15-6-8-22(2)45-32)38-30(37-31)40(23)26)29(43)44-19-13-27(42)39(18-7-16-35-33)21-24(41)12-17-36-34/h4,9,22-26,28,35-36,41H,3,5-8,10-21H2,1-2H3,(H,37,38)/p+1/t22-,23+,24+,25+,26-,28-,31+,32-/m1/s1. The molecule has 1 amide bonds. The Morgan fingerprint density at radius 2 is 2.02 bits per heavy atom. The number of amides is 1. The Hall–Kier alpha value is -1.67. The molecule has 0 saturated carbocycles. The summed E-state index contributed by atoms with van der Waals surface area (Å²) in [5, 5.41) is 17.9. The third-order valence-electron chi connectivity index (χ3n) is 10.2. The van der Waals surface area contributed by atoms with Crippen LogP contribution >= 0.6 is 23.6 Å². The fourth-order valence-corrected chi connectivity index (χ4v) is 8.35. The van der Waals surface area contributed by atoms with Gasteiger partial charge in [0.2, 0.25) is 11.6 Å². The van der Waals surface area contributed by atoms with Crippen LogP contribution in [-0.2, 0) is 23.8 Å². The molecule has 0 aromatic heterocycles. The number of aliphatic hydroxyl groups excluding tert-OH is 1. The van der Waals surface area contributed by atoms with Gasteiger partial charge in [-0.15, -0.1) is 0 Å². The number of esters is 1. The molecule has 46 heavy (non-hydrogen) atoms. The van der Waals surface area contributed by atoms with E-state index in [-0.39, 0.29) is 55.7 Å². The molecule has 0 unspecified atom stereocenters. The molecule has 5 aliphatic rings. The van der Waals surface area contributed by atoms with Crippen LogP contribution in [0.4, 0.5) is 0 Å². The maximum absolute atomic E-state index is 14.1. The van der Waals surface area contributed by atoms with Gasteiger partial charge in [0.05, 0.1) is 36.8 Å². The van der Waals surface area contributed by atoms with Gasteiger partial charge in [-0.05, 0) is 81.8 Å². The molecule has 2 saturated heterocycles. The van der Waals surface area contributed by atoms with Crippen molar-refractivity contribution in [2.75, 3.05) is 32.8 Å². The normalized spacial score (nSPS) is 34.1. The molecular formula is C32H53Cl2N6O6+. The van der Waals surface area contributed by atoms with E-state index in [0.717, 1.165) is 57.3 Å². The van der Waals surface area contributed by atoms with Gasteiger partial charge in [0.1, 0.15) is 6.61 Å². The molecule has 8 atom stereocenters. The van der Waals surface area contributed by atoms with Gasteiger partial charge in [0.25, 0.3) is 0 Å². The van der Waals surface area contributed by atoms with Crippen molar-refractivity contribution in [1.29, 1.82) is 0 Å². The molecule has 5 heterocycles. The number of nitrogens with zero attached hydrogens (tertiary/aromatic N) is 2. The van der Waals surface area contributed by atoms with Crippen LogP contribution in [0, 0.1) is 5.92 Å². The molecule has 2 spiro atoms. The summed E-state index contributed by atoms with van der Waals surface area (Å²) in [6.45, 7) is 5.69. The Bertz CT molecular complexity index is 1130. The van der Waals surface area contributed by atoms with Crippen molar-refractivity contribution >= 4 is 41.4 Å². The van der Waals surface area contributed by atoms with Crippen LogP contribution in [0.25, 0.3) is 0 Å². The minimum absolute atomic E-state index is 0.0145. The lowest BCUT2D eigenvalue weighted by molar-refractivity contribution is -0.609. The molecule has 0 aromatic rings. The Morgan fingerprint density at radius 1 is 1.20 bits per heavy atom. The predicted octanol–water partition coefficient (Wildman–Crippen LogP) is 2.62. The van der Waals surface area contributed by atoms with E-state index >= 15 is 0 Å². The predicted molar refractivity (Wildman–Crippen MR) is 175 cm³/mol. The summed E-state index contributed by atoms with van der Waals surface area (Å²) in [5.41, 5.74) is -1.39. The molecule has 5 N–H and O–H groups in total. The van der Waals surface area contributed by atoms with Crippen LogP contribution in [0.15, 0.2) is 12.2 Å². The Morgan fingerprint density at radius 3 is 2.78 bits per heavy atom. The zero-order valence-corrected chi connectivity index (χ0v) is 28.8. The number of allylic oxidation sites excluding steroid dienone is 1. The van der Waals surface area contributed by atoms with Gasteiger partial charge >= 0.3 is 11.9 Å². The average Bonchev–Trinajstić information content (AvgIpc) is 3.33. The minimum Gasteiger partial charge on any atom is -0.465 e. The van der Waals surface area contributed by atoms with Crippen molar-refractivity contribution < 1.29 is 33.5 Å². The maximum atomic E-state index is 14.1. The summed E-state index contributed by atoms with van der Waals surface area (Å²) in [6, 6.07) is 0.145. The molecular weight excluding hydrogens is 635 g/mol. The number of guanidine groups is 1. The second-order valence-electron chi connectivity index (χ2n) is 13.5. The summed E-state index contributed by atoms with van der Waals surface area (Å²) >= 11 is 11.2. The third kappa shape index (κ3) is 8.13. The van der Waals surface area contributed by atoms with Gasteiger partial charge in [0.15, 0.2) is 11.6 Å². The number of hydrogen-bond donors (Lipinski definition) is 5. The molecule has 5 rings (SSSR count). The summed E-state index contributed by atoms with van der Waals surface area (Å²) in [4.78, 5) is 34.0. The topological polar surface area (TPSA) is 136 Å². The lowest BCUT2D eigenvalue weighted by Gasteiger charge is -2.50. The Balaban J connectivity index is 1.29. The first-order valence-corrected chi connectivity index (χ1v) is 18.0. The molecule has 5 aliphatic heterocycles. The number of carbonyl (C=O) groups is 2. The molecule has 260 valence electrons. The number of rotatable bonds is 14. The second kappa shape index (κ2) is 16.2. The van der Waals surface area contributed by atoms with E-state index in [9.17, 15) is 14.7 Å². The highest BCUT2D eigenvalue weighted by Gasteiger charge is 2.64. The van der Waals surface area contributed by atoms with Crippen molar-refractivity contribution in [1.82, 2.24) is 25.2 Å². The van der Waals surface area contributed by atoms with Crippen molar-refractivity contribution in [3.63, 3.8) is 0 Å². The van der Waals surface area contributed by atoms with Crippen molar-refractivity contribution in [3.05, 3.63) is 12.2 Å². The largest absolute Gasteiger partial charge is 0.465 e.